The molecule has 0 saturated carbocycles. The number of carbonyl (C=O) groups excluding carboxylic acids is 1. The minimum Gasteiger partial charge on any atom is -0.496 e. The molecule has 5 nitrogen and oxygen atoms in total. The maximum absolute atomic E-state index is 13.1. The minimum absolute atomic E-state index is 0.117. The maximum atomic E-state index is 13.1. The summed E-state index contributed by atoms with van der Waals surface area (Å²) in [6, 6.07) is 9.18. The third-order valence-corrected chi connectivity index (χ3v) is 3.95. The van der Waals surface area contributed by atoms with Gasteiger partial charge in [0.25, 0.3) is 0 Å². The van der Waals surface area contributed by atoms with Crippen LogP contribution in [-0.2, 0) is 6.42 Å². The second kappa shape index (κ2) is 7.93. The Labute approximate surface area is 154 Å². The first-order chi connectivity index (χ1) is 12.6. The normalized spacial score (nSPS) is 10.4. The van der Waals surface area contributed by atoms with Crippen molar-refractivity contribution in [3.63, 3.8) is 0 Å². The fourth-order valence-electron chi connectivity index (χ4n) is 2.44. The van der Waals surface area contributed by atoms with Crippen molar-refractivity contribution in [1.82, 2.24) is 9.97 Å². The number of rotatable bonds is 6. The van der Waals surface area contributed by atoms with Gasteiger partial charge in [-0.2, -0.15) is 0 Å². The average Bonchev–Trinajstić information content (AvgIpc) is 2.65. The topological polar surface area (TPSA) is 64.1 Å². The highest BCUT2D eigenvalue weighted by Gasteiger charge is 2.16. The molecule has 0 spiro atoms. The molecule has 0 saturated heterocycles. The van der Waals surface area contributed by atoms with E-state index in [-0.39, 0.29) is 23.2 Å². The Kier molecular flexibility index (Phi) is 5.43. The summed E-state index contributed by atoms with van der Waals surface area (Å²) < 4.78 is 18.3. The molecule has 0 fully saturated rings. The lowest BCUT2D eigenvalue weighted by Crippen LogP contribution is -2.08. The number of carbonyl (C=O) groups is 1. The van der Waals surface area contributed by atoms with E-state index in [9.17, 15) is 9.18 Å². The highest BCUT2D eigenvalue weighted by atomic mass is 35.5. The summed E-state index contributed by atoms with van der Waals surface area (Å²) in [6.07, 6.45) is 4.74. The van der Waals surface area contributed by atoms with Crippen LogP contribution in [0.3, 0.4) is 0 Å². The molecular weight excluding hydrogens is 357 g/mol. The number of pyridine rings is 2. The first-order valence-electron chi connectivity index (χ1n) is 7.75. The van der Waals surface area contributed by atoms with Crippen molar-refractivity contribution >= 4 is 28.8 Å². The fourth-order valence-corrected chi connectivity index (χ4v) is 2.59. The monoisotopic (exact) mass is 371 g/mol. The van der Waals surface area contributed by atoms with Crippen LogP contribution in [0.4, 0.5) is 15.8 Å². The molecule has 0 radical (unpaired) electrons. The number of methoxy groups -OCH3 is 1. The van der Waals surface area contributed by atoms with Crippen LogP contribution in [-0.4, -0.2) is 22.9 Å². The van der Waals surface area contributed by atoms with Crippen LogP contribution in [0.1, 0.15) is 15.9 Å². The summed E-state index contributed by atoms with van der Waals surface area (Å²) in [5.41, 5.74) is 2.44. The predicted octanol–water partition coefficient (Wildman–Crippen LogP) is 4.45. The zero-order chi connectivity index (χ0) is 18.5. The lowest BCUT2D eigenvalue weighted by molar-refractivity contribution is 0.0990. The first-order valence-corrected chi connectivity index (χ1v) is 8.13. The van der Waals surface area contributed by atoms with Crippen molar-refractivity contribution < 1.29 is 13.9 Å². The summed E-state index contributed by atoms with van der Waals surface area (Å²) in [4.78, 5) is 20.7. The number of nitrogens with one attached hydrogen (secondary N) is 1. The molecule has 2 heterocycles. The molecule has 0 bridgehead atoms. The van der Waals surface area contributed by atoms with Gasteiger partial charge in [-0.1, -0.05) is 11.6 Å². The molecule has 0 unspecified atom stereocenters. The van der Waals surface area contributed by atoms with Crippen molar-refractivity contribution in [3.8, 4) is 5.75 Å². The number of Topliss-reactive ketones (excluding diaryl/α,β-unsaturated/α-hetero) is 1. The zero-order valence-corrected chi connectivity index (χ0v) is 14.6. The number of ether oxygens (including phenoxy) is 1. The number of hydrogen-bond acceptors (Lipinski definition) is 5. The van der Waals surface area contributed by atoms with E-state index in [1.807, 2.05) is 0 Å². The van der Waals surface area contributed by atoms with Crippen LogP contribution >= 0.6 is 11.6 Å². The van der Waals surface area contributed by atoms with E-state index in [0.717, 1.165) is 5.56 Å². The van der Waals surface area contributed by atoms with Gasteiger partial charge < -0.3 is 10.1 Å². The Morgan fingerprint density at radius 3 is 2.73 bits per heavy atom. The molecule has 0 aliphatic rings. The van der Waals surface area contributed by atoms with Gasteiger partial charge in [-0.25, -0.2) is 9.37 Å². The van der Waals surface area contributed by atoms with Gasteiger partial charge in [0.15, 0.2) is 5.78 Å². The van der Waals surface area contributed by atoms with Crippen LogP contribution < -0.4 is 10.1 Å². The van der Waals surface area contributed by atoms with E-state index < -0.39 is 0 Å². The number of ketones is 1. The van der Waals surface area contributed by atoms with E-state index in [2.05, 4.69) is 15.3 Å². The first kappa shape index (κ1) is 17.8. The van der Waals surface area contributed by atoms with Crippen molar-refractivity contribution in [2.24, 2.45) is 0 Å². The maximum Gasteiger partial charge on any atom is 0.172 e. The van der Waals surface area contributed by atoms with E-state index in [4.69, 9.17) is 16.3 Å². The van der Waals surface area contributed by atoms with E-state index in [1.165, 1.54) is 31.5 Å². The number of benzene rings is 1. The lowest BCUT2D eigenvalue weighted by atomic mass is 10.0. The van der Waals surface area contributed by atoms with Crippen LogP contribution in [0.5, 0.6) is 5.75 Å². The number of nitrogens with zero attached hydrogens (tertiary/aromatic N) is 2. The van der Waals surface area contributed by atoms with Gasteiger partial charge in [0.05, 0.1) is 24.6 Å². The molecule has 1 N–H and O–H groups in total. The number of aromatic nitrogens is 2. The van der Waals surface area contributed by atoms with Crippen LogP contribution in [0, 0.1) is 5.82 Å². The van der Waals surface area contributed by atoms with Crippen molar-refractivity contribution in [1.29, 1.82) is 0 Å². The molecule has 0 atom stereocenters. The van der Waals surface area contributed by atoms with Gasteiger partial charge in [0.2, 0.25) is 0 Å². The molecule has 2 aromatic heterocycles. The molecular formula is C19H15ClFN3O2. The SMILES string of the molecule is COc1cc(Cl)ncc1C(=O)Cc1ccncc1Nc1ccc(F)cc1. The fraction of sp³-hybridized carbons (Fsp3) is 0.105. The summed E-state index contributed by atoms with van der Waals surface area (Å²) in [5, 5.41) is 3.40. The molecule has 0 amide bonds. The van der Waals surface area contributed by atoms with Crippen LogP contribution in [0.25, 0.3) is 0 Å². The second-order valence-corrected chi connectivity index (χ2v) is 5.86. The number of halogens is 2. The molecule has 0 aliphatic carbocycles. The summed E-state index contributed by atoms with van der Waals surface area (Å²) in [7, 11) is 1.47. The third-order valence-electron chi connectivity index (χ3n) is 3.74. The largest absolute Gasteiger partial charge is 0.496 e. The summed E-state index contributed by atoms with van der Waals surface area (Å²) in [6.45, 7) is 0. The Morgan fingerprint density at radius 1 is 1.23 bits per heavy atom. The highest BCUT2D eigenvalue weighted by molar-refractivity contribution is 6.29. The molecule has 3 rings (SSSR count). The quantitative estimate of drug-likeness (QED) is 0.512. The van der Waals surface area contributed by atoms with E-state index in [1.54, 1.807) is 30.6 Å². The average molecular weight is 372 g/mol. The number of hydrogen-bond donors (Lipinski definition) is 1. The summed E-state index contributed by atoms with van der Waals surface area (Å²) in [5.74, 6) is -0.115. The summed E-state index contributed by atoms with van der Waals surface area (Å²) >= 11 is 5.84. The second-order valence-electron chi connectivity index (χ2n) is 5.47. The Morgan fingerprint density at radius 2 is 2.00 bits per heavy atom. The van der Waals surface area contributed by atoms with Crippen LogP contribution in [0.2, 0.25) is 5.15 Å². The van der Waals surface area contributed by atoms with Gasteiger partial charge in [-0.3, -0.25) is 9.78 Å². The lowest BCUT2D eigenvalue weighted by Gasteiger charge is -2.12. The van der Waals surface area contributed by atoms with Gasteiger partial charge in [-0.05, 0) is 35.9 Å². The van der Waals surface area contributed by atoms with E-state index in [0.29, 0.717) is 22.7 Å². The predicted molar refractivity (Wildman–Crippen MR) is 97.8 cm³/mol. The number of anilines is 2. The zero-order valence-electron chi connectivity index (χ0n) is 13.9. The Balaban J connectivity index is 1.84. The van der Waals surface area contributed by atoms with Crippen molar-refractivity contribution in [3.05, 3.63) is 77.1 Å². The van der Waals surface area contributed by atoms with Gasteiger partial charge in [-0.15, -0.1) is 0 Å². The molecule has 0 aliphatic heterocycles. The molecule has 26 heavy (non-hydrogen) atoms. The molecule has 3 aromatic rings. The highest BCUT2D eigenvalue weighted by Crippen LogP contribution is 2.25. The van der Waals surface area contributed by atoms with Gasteiger partial charge in [0, 0.05) is 30.6 Å². The van der Waals surface area contributed by atoms with Gasteiger partial charge >= 0.3 is 0 Å². The Hall–Kier alpha value is -2.99. The van der Waals surface area contributed by atoms with Gasteiger partial charge in [0.1, 0.15) is 16.7 Å². The Bertz CT molecular complexity index is 932. The smallest absolute Gasteiger partial charge is 0.172 e. The molecule has 132 valence electrons. The standard InChI is InChI=1S/C19H15ClFN3O2/c1-26-18-9-19(20)23-10-15(18)17(25)8-12-6-7-22-11-16(12)24-14-4-2-13(21)3-5-14/h2-7,9-11,24H,8H2,1H3. The molecule has 7 heteroatoms. The molecule has 1 aromatic carbocycles. The minimum atomic E-state index is -0.320. The third kappa shape index (κ3) is 4.15. The van der Waals surface area contributed by atoms with Crippen molar-refractivity contribution in [2.75, 3.05) is 12.4 Å². The van der Waals surface area contributed by atoms with Crippen LogP contribution in [0.15, 0.2) is 55.0 Å². The van der Waals surface area contributed by atoms with Crippen molar-refractivity contribution in [2.45, 2.75) is 6.42 Å². The van der Waals surface area contributed by atoms with E-state index >= 15 is 0 Å².